The fourth-order valence-electron chi connectivity index (χ4n) is 1.37. The van der Waals surface area contributed by atoms with Crippen molar-refractivity contribution in [2.75, 3.05) is 5.32 Å². The Labute approximate surface area is 148 Å². The molecule has 0 radical (unpaired) electrons. The average Bonchev–Trinajstić information content (AvgIpc) is 2.50. The second kappa shape index (κ2) is 8.86. The number of halogens is 5. The van der Waals surface area contributed by atoms with Crippen molar-refractivity contribution >= 4 is 44.9 Å². The highest BCUT2D eigenvalue weighted by Gasteiger charge is 2.28. The monoisotopic (exact) mass is 424 g/mol. The molecule has 0 amide bonds. The van der Waals surface area contributed by atoms with Gasteiger partial charge in [0.05, 0.1) is 23.3 Å². The van der Waals surface area contributed by atoms with E-state index in [0.29, 0.717) is 11.6 Å². The molecule has 2 aromatic rings. The molecule has 1 heterocycles. The van der Waals surface area contributed by atoms with Crippen molar-refractivity contribution < 1.29 is 23.1 Å². The molecule has 0 aliphatic heterocycles. The first-order chi connectivity index (χ1) is 11.1. The number of carbonyl (C=O) groups excluding carboxylic acids is 1. The molecular formula is C14H11BrClF3N3O2-. The summed E-state index contributed by atoms with van der Waals surface area (Å²) in [6.07, 6.45) is -3.44. The Morgan fingerprint density at radius 2 is 1.96 bits per heavy atom. The predicted octanol–water partition coefficient (Wildman–Crippen LogP) is 3.00. The van der Waals surface area contributed by atoms with Gasteiger partial charge in [0.1, 0.15) is 5.97 Å². The molecule has 130 valence electrons. The van der Waals surface area contributed by atoms with E-state index in [1.165, 1.54) is 0 Å². The smallest absolute Gasteiger partial charge is 0.430 e. The van der Waals surface area contributed by atoms with E-state index in [-0.39, 0.29) is 0 Å². The maximum Gasteiger partial charge on any atom is 0.430 e. The van der Waals surface area contributed by atoms with E-state index in [9.17, 15) is 13.2 Å². The second-order valence-corrected chi connectivity index (χ2v) is 5.57. The zero-order valence-corrected chi connectivity index (χ0v) is 14.2. The number of benzene rings is 1. The van der Waals surface area contributed by atoms with E-state index >= 15 is 0 Å². The van der Waals surface area contributed by atoms with Crippen LogP contribution in [0.3, 0.4) is 0 Å². The summed E-state index contributed by atoms with van der Waals surface area (Å²) in [5.41, 5.74) is 8.20. The topological polar surface area (TPSA) is 91.1 Å². The third kappa shape index (κ3) is 6.73. The molecule has 0 unspecified atom stereocenters. The Kier molecular flexibility index (Phi) is 7.46. The molecule has 0 bridgehead atoms. The highest BCUT2D eigenvalue weighted by atomic mass is 79.9. The number of pyridine rings is 1. The molecule has 0 fully saturated rings. The molecule has 1 aromatic heterocycles. The summed E-state index contributed by atoms with van der Waals surface area (Å²) in [4.78, 5) is 13.0. The fourth-order valence-corrected chi connectivity index (χ4v) is 2.15. The van der Waals surface area contributed by atoms with Gasteiger partial charge in [-0.15, -0.1) is 0 Å². The van der Waals surface area contributed by atoms with E-state index < -0.39 is 12.1 Å². The van der Waals surface area contributed by atoms with Crippen LogP contribution >= 0.6 is 27.5 Å². The highest BCUT2D eigenvalue weighted by Crippen LogP contribution is 2.28. The van der Waals surface area contributed by atoms with Gasteiger partial charge in [-0.25, -0.2) is 0 Å². The number of carboxylic acid groups (broad SMARTS) is 1. The normalized spacial score (nSPS) is 10.6. The van der Waals surface area contributed by atoms with Crippen molar-refractivity contribution in [2.24, 2.45) is 5.73 Å². The van der Waals surface area contributed by atoms with Crippen LogP contribution in [0.2, 0.25) is 5.02 Å². The van der Waals surface area contributed by atoms with Crippen molar-refractivity contribution in [3.05, 3.63) is 51.7 Å². The van der Waals surface area contributed by atoms with Gasteiger partial charge in [0.15, 0.2) is 0 Å². The minimum absolute atomic E-state index is 0.449. The van der Waals surface area contributed by atoms with Crippen LogP contribution in [0.25, 0.3) is 0 Å². The van der Waals surface area contributed by atoms with E-state index in [2.05, 4.69) is 26.2 Å². The second-order valence-electron chi connectivity index (χ2n) is 4.28. The number of carbonyl (C=O) groups is 1. The van der Waals surface area contributed by atoms with E-state index in [1.807, 2.05) is 30.3 Å². The van der Waals surface area contributed by atoms with Crippen LogP contribution in [0, 0.1) is 0 Å². The van der Waals surface area contributed by atoms with Crippen molar-refractivity contribution in [3.63, 3.8) is 0 Å². The number of alkyl halides is 3. The number of nitrogens with one attached hydrogen (secondary N) is 1. The fraction of sp³-hybridized carbons (Fsp3) is 0.143. The first-order valence-corrected chi connectivity index (χ1v) is 7.46. The summed E-state index contributed by atoms with van der Waals surface area (Å²) in [6, 6.07) is 9.41. The Bertz CT molecular complexity index is 697. The maximum absolute atomic E-state index is 10.5. The van der Waals surface area contributed by atoms with Crippen LogP contribution in [0.15, 0.2) is 41.0 Å². The van der Waals surface area contributed by atoms with Crippen molar-refractivity contribution in [1.29, 1.82) is 0 Å². The molecule has 0 aliphatic carbocycles. The van der Waals surface area contributed by atoms with Crippen molar-refractivity contribution in [2.45, 2.75) is 12.7 Å². The quantitative estimate of drug-likeness (QED) is 0.789. The van der Waals surface area contributed by atoms with Gasteiger partial charge in [-0.2, -0.15) is 13.2 Å². The van der Waals surface area contributed by atoms with E-state index in [0.717, 1.165) is 21.5 Å². The molecule has 2 rings (SSSR count). The summed E-state index contributed by atoms with van der Waals surface area (Å²) in [7, 11) is 0. The first-order valence-electron chi connectivity index (χ1n) is 6.28. The lowest BCUT2D eigenvalue weighted by Gasteiger charge is -2.08. The molecule has 5 nitrogen and oxygen atoms in total. The van der Waals surface area contributed by atoms with Gasteiger partial charge in [0.2, 0.25) is 0 Å². The van der Waals surface area contributed by atoms with Gasteiger partial charge in [0, 0.05) is 16.0 Å². The van der Waals surface area contributed by atoms with Gasteiger partial charge < -0.3 is 21.0 Å². The lowest BCUT2D eigenvalue weighted by Crippen LogP contribution is -2.37. The number of nitrogens with two attached hydrogens (primary N) is 1. The van der Waals surface area contributed by atoms with E-state index in [4.69, 9.17) is 27.2 Å². The number of aromatic nitrogens is 1. The Morgan fingerprint density at radius 1 is 1.33 bits per heavy atom. The minimum atomic E-state index is -5.19. The molecule has 0 atom stereocenters. The van der Waals surface area contributed by atoms with Gasteiger partial charge in [-0.3, -0.25) is 4.98 Å². The van der Waals surface area contributed by atoms with Crippen molar-refractivity contribution in [3.8, 4) is 0 Å². The summed E-state index contributed by atoms with van der Waals surface area (Å²) >= 11 is 9.32. The van der Waals surface area contributed by atoms with Crippen LogP contribution in [0.4, 0.5) is 24.5 Å². The van der Waals surface area contributed by atoms with Gasteiger partial charge in [-0.05, 0) is 46.3 Å². The van der Waals surface area contributed by atoms with Crippen molar-refractivity contribution in [1.82, 2.24) is 4.98 Å². The molecule has 24 heavy (non-hydrogen) atoms. The Morgan fingerprint density at radius 3 is 2.38 bits per heavy atom. The number of hydrogen-bond acceptors (Lipinski definition) is 5. The number of carboxylic acids is 1. The van der Waals surface area contributed by atoms with Crippen LogP contribution in [-0.2, 0) is 11.3 Å². The zero-order chi connectivity index (χ0) is 18.3. The van der Waals surface area contributed by atoms with Gasteiger partial charge >= 0.3 is 6.18 Å². The summed E-state index contributed by atoms with van der Waals surface area (Å²) in [5, 5.41) is 12.7. The minimum Gasteiger partial charge on any atom is -0.542 e. The SMILES string of the molecule is NCc1ccc(Nc2ccc(Cl)cc2Br)cn1.O=C([O-])C(F)(F)F. The van der Waals surface area contributed by atoms with Crippen LogP contribution < -0.4 is 16.2 Å². The summed E-state index contributed by atoms with van der Waals surface area (Å²) < 4.78 is 32.5. The van der Waals surface area contributed by atoms with Crippen LogP contribution in [-0.4, -0.2) is 17.1 Å². The first kappa shape index (κ1) is 20.2. The lowest BCUT2D eigenvalue weighted by atomic mass is 10.3. The lowest BCUT2D eigenvalue weighted by molar-refractivity contribution is -0.344. The largest absolute Gasteiger partial charge is 0.542 e. The molecule has 10 heteroatoms. The van der Waals surface area contributed by atoms with Gasteiger partial charge in [-0.1, -0.05) is 11.6 Å². The number of anilines is 2. The molecule has 0 saturated carbocycles. The predicted molar refractivity (Wildman–Crippen MR) is 85.6 cm³/mol. The summed E-state index contributed by atoms with van der Waals surface area (Å²) in [5.74, 6) is -3.01. The number of nitrogens with zero attached hydrogens (tertiary/aromatic N) is 1. The summed E-state index contributed by atoms with van der Waals surface area (Å²) in [6.45, 7) is 0.449. The zero-order valence-electron chi connectivity index (χ0n) is 11.9. The maximum atomic E-state index is 10.5. The van der Waals surface area contributed by atoms with E-state index in [1.54, 1.807) is 6.20 Å². The molecule has 1 aromatic carbocycles. The van der Waals surface area contributed by atoms with Crippen LogP contribution in [0.1, 0.15) is 5.69 Å². The molecule has 3 N–H and O–H groups in total. The van der Waals surface area contributed by atoms with Crippen LogP contribution in [0.5, 0.6) is 0 Å². The third-order valence-electron chi connectivity index (χ3n) is 2.48. The number of rotatable bonds is 3. The highest BCUT2D eigenvalue weighted by molar-refractivity contribution is 9.10. The van der Waals surface area contributed by atoms with Gasteiger partial charge in [0.25, 0.3) is 0 Å². The standard InChI is InChI=1S/C12H11BrClN3.C2HF3O2/c13-11-5-8(14)1-4-12(11)17-10-3-2-9(6-15)16-7-10;3-2(4,5)1(6)7/h1-5,7,17H,6,15H2;(H,6,7)/p-1. The third-order valence-corrected chi connectivity index (χ3v) is 3.37. The molecular weight excluding hydrogens is 415 g/mol. The number of aliphatic carboxylic acids is 1. The molecule has 0 aliphatic rings. The molecule has 0 spiro atoms. The Balaban J connectivity index is 0.000000351. The average molecular weight is 426 g/mol. The number of hydrogen-bond donors (Lipinski definition) is 2. The Hall–Kier alpha value is -1.84. The molecule has 0 saturated heterocycles.